The molecule has 0 aliphatic carbocycles. The molecule has 0 spiro atoms. The molecular formula is C55H58IrN2O-2. The third-order valence-electron chi connectivity index (χ3n) is 9.23. The van der Waals surface area contributed by atoms with Gasteiger partial charge >= 0.3 is 0 Å². The summed E-state index contributed by atoms with van der Waals surface area (Å²) in [7, 11) is 0. The number of benzene rings is 5. The number of pyridine rings is 2. The number of rotatable bonds is 6. The van der Waals surface area contributed by atoms with E-state index in [0.717, 1.165) is 32.7 Å². The first kappa shape index (κ1) is 30.2. The number of fused-ring (bicyclic) bond motifs is 5. The van der Waals surface area contributed by atoms with E-state index in [1.165, 1.54) is 18.5 Å². The predicted molar refractivity (Wildman–Crippen MR) is 246 cm³/mol. The fraction of sp³-hybridized carbons (Fsp3) is 0.309. The van der Waals surface area contributed by atoms with Gasteiger partial charge in [-0.2, -0.15) is 0 Å². The second-order valence-corrected chi connectivity index (χ2v) is 17.8. The van der Waals surface area contributed by atoms with Crippen LogP contribution in [0.5, 0.6) is 0 Å². The predicted octanol–water partition coefficient (Wildman–Crippen LogP) is 15.2. The summed E-state index contributed by atoms with van der Waals surface area (Å²) in [4.78, 5) is 8.97. The zero-order chi connectivity index (χ0) is 51.8. The van der Waals surface area contributed by atoms with E-state index in [1.54, 1.807) is 86.6 Å². The molecule has 0 saturated heterocycles. The molecule has 0 saturated carbocycles. The van der Waals surface area contributed by atoms with Crippen molar-refractivity contribution in [3.05, 3.63) is 155 Å². The van der Waals surface area contributed by atoms with Crippen LogP contribution in [-0.4, -0.2) is 9.97 Å². The van der Waals surface area contributed by atoms with Gasteiger partial charge in [0.1, 0.15) is 5.58 Å². The fourth-order valence-corrected chi connectivity index (χ4v) is 6.87. The fourth-order valence-electron chi connectivity index (χ4n) is 6.87. The average Bonchev–Trinajstić information content (AvgIpc) is 3.67. The molecule has 0 atom stereocenters. The number of aromatic nitrogens is 2. The number of furan rings is 1. The van der Waals surface area contributed by atoms with Gasteiger partial charge in [-0.25, -0.2) is 0 Å². The van der Waals surface area contributed by atoms with E-state index in [1.807, 2.05) is 66.7 Å². The average molecular weight is 967 g/mol. The SMILES string of the molecule is [2H]C([2H])([2H])c1c[c-]c(-c2cc(C([2H])([2H])C(C)(C)C)c(C([2H])([2H])C(C)(C)C)cn2)cc1-c1ccccc1.[2H]C([2H])([2H])c1cnc(-c2[c-]ccc3c2oc2c4ccccc4ccc32)cc1C([2H])([2H])C(C)(C)C.[Ir]. The Labute approximate surface area is 382 Å². The molecule has 0 aliphatic heterocycles. The normalized spacial score (nSPS) is 16.2. The molecule has 1 radical (unpaired) electrons. The van der Waals surface area contributed by atoms with Crippen molar-refractivity contribution in [3.8, 4) is 33.6 Å². The summed E-state index contributed by atoms with van der Waals surface area (Å²) in [5.41, 5.74) is 2.71. The van der Waals surface area contributed by atoms with Crippen LogP contribution in [0.2, 0.25) is 0 Å². The first-order valence-electron chi connectivity index (χ1n) is 25.6. The Bertz CT molecular complexity index is 3230. The molecule has 5 aromatic carbocycles. The minimum absolute atomic E-state index is 0. The van der Waals surface area contributed by atoms with Crippen LogP contribution in [0.4, 0.5) is 0 Å². The maximum absolute atomic E-state index is 8.98. The van der Waals surface area contributed by atoms with Crippen LogP contribution in [0.1, 0.15) is 107 Å². The van der Waals surface area contributed by atoms with Gasteiger partial charge in [0.15, 0.2) is 0 Å². The van der Waals surface area contributed by atoms with Crippen molar-refractivity contribution in [3.63, 3.8) is 0 Å². The Hall–Kier alpha value is -4.89. The van der Waals surface area contributed by atoms with Crippen LogP contribution >= 0.6 is 0 Å². The second kappa shape index (κ2) is 17.4. The molecule has 0 amide bonds. The van der Waals surface area contributed by atoms with Crippen LogP contribution in [0.15, 0.2) is 120 Å². The maximum Gasteiger partial charge on any atom is 0.128 e. The van der Waals surface area contributed by atoms with Crippen LogP contribution in [0, 0.1) is 42.1 Å². The quantitative estimate of drug-likeness (QED) is 0.156. The van der Waals surface area contributed by atoms with Crippen molar-refractivity contribution in [1.29, 1.82) is 0 Å². The molecule has 0 aliphatic rings. The van der Waals surface area contributed by atoms with Crippen LogP contribution in [0.25, 0.3) is 66.4 Å². The van der Waals surface area contributed by atoms with Gasteiger partial charge in [-0.05, 0) is 81.2 Å². The van der Waals surface area contributed by atoms with Gasteiger partial charge < -0.3 is 14.4 Å². The van der Waals surface area contributed by atoms with Gasteiger partial charge in [-0.1, -0.05) is 170 Å². The van der Waals surface area contributed by atoms with Crippen molar-refractivity contribution in [2.45, 2.75) is 95.1 Å². The Morgan fingerprint density at radius 3 is 1.93 bits per heavy atom. The Morgan fingerprint density at radius 2 is 1.22 bits per heavy atom. The molecule has 4 heteroatoms. The summed E-state index contributed by atoms with van der Waals surface area (Å²) in [6.45, 7) is 11.1. The largest absolute Gasteiger partial charge is 0.500 e. The van der Waals surface area contributed by atoms with Crippen LogP contribution in [0.3, 0.4) is 0 Å². The summed E-state index contributed by atoms with van der Waals surface area (Å²) in [6, 6.07) is 37.6. The molecule has 0 N–H and O–H groups in total. The van der Waals surface area contributed by atoms with Gasteiger partial charge in [-0.15, -0.1) is 47.5 Å². The Kier molecular flexibility index (Phi) is 8.89. The monoisotopic (exact) mass is 967 g/mol. The van der Waals surface area contributed by atoms with Crippen molar-refractivity contribution < 1.29 is 41.0 Å². The molecule has 305 valence electrons. The molecule has 0 fully saturated rings. The first-order valence-corrected chi connectivity index (χ1v) is 19.6. The van der Waals surface area contributed by atoms with Gasteiger partial charge in [0, 0.05) is 59.7 Å². The van der Waals surface area contributed by atoms with Crippen molar-refractivity contribution >= 4 is 32.7 Å². The van der Waals surface area contributed by atoms with E-state index >= 15 is 0 Å². The third kappa shape index (κ3) is 10.5. The first-order chi connectivity index (χ1) is 32.2. The van der Waals surface area contributed by atoms with Gasteiger partial charge in [0.25, 0.3) is 0 Å². The van der Waals surface area contributed by atoms with Gasteiger partial charge in [-0.3, -0.25) is 0 Å². The number of hydrogen-bond donors (Lipinski definition) is 0. The van der Waals surface area contributed by atoms with Gasteiger partial charge in [0.05, 0.1) is 5.58 Å². The van der Waals surface area contributed by atoms with Gasteiger partial charge in [0.2, 0.25) is 0 Å². The number of aryl methyl sites for hydroxylation is 2. The molecule has 8 aromatic rings. The zero-order valence-electron chi connectivity index (χ0n) is 47.1. The van der Waals surface area contributed by atoms with Crippen molar-refractivity contribution in [1.82, 2.24) is 9.97 Å². The van der Waals surface area contributed by atoms with Crippen LogP contribution in [-0.2, 0) is 39.2 Å². The number of nitrogens with zero attached hydrogens (tertiary/aromatic N) is 2. The zero-order valence-corrected chi connectivity index (χ0v) is 37.5. The minimum Gasteiger partial charge on any atom is -0.500 e. The summed E-state index contributed by atoms with van der Waals surface area (Å²) in [5.74, 6) is 0. The smallest absolute Gasteiger partial charge is 0.128 e. The molecule has 0 bridgehead atoms. The Balaban J connectivity index is 0.000000229. The molecule has 3 nitrogen and oxygen atoms in total. The van der Waals surface area contributed by atoms with E-state index in [0.29, 0.717) is 33.7 Å². The van der Waals surface area contributed by atoms with E-state index in [4.69, 9.17) is 20.9 Å². The van der Waals surface area contributed by atoms with E-state index in [2.05, 4.69) is 28.2 Å². The molecule has 8 rings (SSSR count). The summed E-state index contributed by atoms with van der Waals surface area (Å²) < 4.78 is 107. The van der Waals surface area contributed by atoms with E-state index in [-0.39, 0.29) is 47.9 Å². The summed E-state index contributed by atoms with van der Waals surface area (Å²) >= 11 is 0. The third-order valence-corrected chi connectivity index (χ3v) is 9.23. The van der Waals surface area contributed by atoms with Crippen LogP contribution < -0.4 is 0 Å². The van der Waals surface area contributed by atoms with E-state index < -0.39 is 49.1 Å². The van der Waals surface area contributed by atoms with E-state index in [9.17, 15) is 0 Å². The molecule has 59 heavy (non-hydrogen) atoms. The second-order valence-electron chi connectivity index (χ2n) is 17.8. The van der Waals surface area contributed by atoms with Crippen molar-refractivity contribution in [2.75, 3.05) is 0 Å². The molecule has 3 aromatic heterocycles. The molecule has 0 unspecified atom stereocenters. The maximum atomic E-state index is 8.98. The standard InChI is InChI=1S/C28H34N.C27H24NO.Ir/c1-20-13-14-22(15-25(20)21-11-9-8-10-12-21)26-16-23(17-27(2,3)4)24(19-29-26)18-28(5,6)7;1-17-16-28-24(14-19(17)15-27(2,3)4)23-11-7-10-21-22-13-12-18-8-5-6-9-20(18)25(22)29-26(21)23;/h8-13,15-16,19H,17-18H2,1-7H3;5-10,12-14,16H,15H2,1-4H3;/q2*-1;/i1D3,17D2,18D2;1D3,15D2;. The topological polar surface area (TPSA) is 38.9 Å². The molecular weight excluding hydrogens is 897 g/mol. The molecule has 3 heterocycles. The summed E-state index contributed by atoms with van der Waals surface area (Å²) in [5, 5.41) is 3.93. The Morgan fingerprint density at radius 1 is 0.593 bits per heavy atom. The minimum atomic E-state index is -2.49. The van der Waals surface area contributed by atoms with Crippen molar-refractivity contribution in [2.24, 2.45) is 16.2 Å². The number of hydrogen-bond acceptors (Lipinski definition) is 3. The summed E-state index contributed by atoms with van der Waals surface area (Å²) in [6.07, 6.45) is -2.94.